The molecule has 0 unspecified atom stereocenters. The van der Waals surface area contributed by atoms with Gasteiger partial charge in [-0.05, 0) is 6.07 Å². The SMILES string of the molecule is COc1nccc(N(C)C)c1NCc1ncc(Cl)s1. The monoisotopic (exact) mass is 298 g/mol. The molecule has 102 valence electrons. The molecule has 7 heteroatoms. The number of nitrogens with zero attached hydrogens (tertiary/aromatic N) is 3. The van der Waals surface area contributed by atoms with Gasteiger partial charge < -0.3 is 15.0 Å². The fraction of sp³-hybridized carbons (Fsp3) is 0.333. The van der Waals surface area contributed by atoms with Crippen LogP contribution in [0.15, 0.2) is 18.5 Å². The van der Waals surface area contributed by atoms with Gasteiger partial charge in [-0.3, -0.25) is 0 Å². The number of halogens is 1. The van der Waals surface area contributed by atoms with E-state index >= 15 is 0 Å². The molecule has 0 aliphatic heterocycles. The molecule has 2 rings (SSSR count). The van der Waals surface area contributed by atoms with Gasteiger partial charge >= 0.3 is 0 Å². The van der Waals surface area contributed by atoms with Crippen LogP contribution in [0.4, 0.5) is 11.4 Å². The molecule has 2 aromatic rings. The third-order valence-electron chi connectivity index (χ3n) is 2.51. The Hall–Kier alpha value is -1.53. The summed E-state index contributed by atoms with van der Waals surface area (Å²) < 4.78 is 5.97. The van der Waals surface area contributed by atoms with E-state index in [9.17, 15) is 0 Å². The average molecular weight is 299 g/mol. The Balaban J connectivity index is 2.22. The summed E-state index contributed by atoms with van der Waals surface area (Å²) in [4.78, 5) is 10.4. The van der Waals surface area contributed by atoms with Crippen LogP contribution in [0.2, 0.25) is 4.34 Å². The van der Waals surface area contributed by atoms with E-state index in [1.54, 1.807) is 19.5 Å². The van der Waals surface area contributed by atoms with Crippen LogP contribution in [-0.2, 0) is 6.54 Å². The number of hydrogen-bond donors (Lipinski definition) is 1. The van der Waals surface area contributed by atoms with Crippen LogP contribution in [0.5, 0.6) is 5.88 Å². The maximum Gasteiger partial charge on any atom is 0.239 e. The highest BCUT2D eigenvalue weighted by Crippen LogP contribution is 2.32. The molecular formula is C12H15ClN4OS. The first-order valence-corrected chi connectivity index (χ1v) is 6.85. The molecule has 0 radical (unpaired) electrons. The lowest BCUT2D eigenvalue weighted by Crippen LogP contribution is -2.13. The van der Waals surface area contributed by atoms with Gasteiger partial charge in [0.25, 0.3) is 0 Å². The van der Waals surface area contributed by atoms with Gasteiger partial charge in [0, 0.05) is 20.3 Å². The Morgan fingerprint density at radius 3 is 2.79 bits per heavy atom. The molecular weight excluding hydrogens is 284 g/mol. The molecule has 0 saturated heterocycles. The summed E-state index contributed by atoms with van der Waals surface area (Å²) in [6, 6.07) is 1.93. The lowest BCUT2D eigenvalue weighted by Gasteiger charge is -2.19. The zero-order valence-electron chi connectivity index (χ0n) is 11.0. The first-order chi connectivity index (χ1) is 9.11. The van der Waals surface area contributed by atoms with Crippen LogP contribution in [0.3, 0.4) is 0 Å². The van der Waals surface area contributed by atoms with Gasteiger partial charge in [-0.15, -0.1) is 11.3 Å². The highest BCUT2D eigenvalue weighted by Gasteiger charge is 2.12. The molecule has 0 atom stereocenters. The first kappa shape index (κ1) is 13.9. The van der Waals surface area contributed by atoms with E-state index < -0.39 is 0 Å². The Kier molecular flexibility index (Phi) is 4.44. The van der Waals surface area contributed by atoms with Crippen molar-refractivity contribution in [2.75, 3.05) is 31.4 Å². The molecule has 0 saturated carbocycles. The summed E-state index contributed by atoms with van der Waals surface area (Å²) in [7, 11) is 5.55. The summed E-state index contributed by atoms with van der Waals surface area (Å²) in [6.07, 6.45) is 3.37. The van der Waals surface area contributed by atoms with E-state index in [0.717, 1.165) is 16.4 Å². The number of ether oxygens (including phenoxy) is 1. The average Bonchev–Trinajstić information content (AvgIpc) is 2.81. The number of methoxy groups -OCH3 is 1. The molecule has 0 spiro atoms. The van der Waals surface area contributed by atoms with Crippen LogP contribution in [-0.4, -0.2) is 31.2 Å². The summed E-state index contributed by atoms with van der Waals surface area (Å²) in [5.41, 5.74) is 1.86. The van der Waals surface area contributed by atoms with Crippen molar-refractivity contribution in [1.29, 1.82) is 0 Å². The van der Waals surface area contributed by atoms with E-state index in [1.165, 1.54) is 11.3 Å². The number of aromatic nitrogens is 2. The number of nitrogens with one attached hydrogen (secondary N) is 1. The second kappa shape index (κ2) is 6.08. The van der Waals surface area contributed by atoms with E-state index in [2.05, 4.69) is 15.3 Å². The topological polar surface area (TPSA) is 50.3 Å². The maximum atomic E-state index is 5.87. The first-order valence-electron chi connectivity index (χ1n) is 5.66. The lowest BCUT2D eigenvalue weighted by atomic mass is 10.3. The Bertz CT molecular complexity index is 558. The molecule has 0 aromatic carbocycles. The minimum Gasteiger partial charge on any atom is -0.479 e. The Morgan fingerprint density at radius 2 is 2.21 bits per heavy atom. The van der Waals surface area contributed by atoms with E-state index in [0.29, 0.717) is 16.8 Å². The van der Waals surface area contributed by atoms with E-state index in [1.807, 2.05) is 25.1 Å². The van der Waals surface area contributed by atoms with Crippen LogP contribution in [0.1, 0.15) is 5.01 Å². The second-order valence-electron chi connectivity index (χ2n) is 4.02. The van der Waals surface area contributed by atoms with Crippen LogP contribution < -0.4 is 15.0 Å². The molecule has 0 aliphatic carbocycles. The fourth-order valence-electron chi connectivity index (χ4n) is 1.66. The van der Waals surface area contributed by atoms with Crippen molar-refractivity contribution in [3.63, 3.8) is 0 Å². The highest BCUT2D eigenvalue weighted by atomic mass is 35.5. The summed E-state index contributed by atoms with van der Waals surface area (Å²) in [5.74, 6) is 0.564. The largest absolute Gasteiger partial charge is 0.479 e. The quantitative estimate of drug-likeness (QED) is 0.920. The van der Waals surface area contributed by atoms with Gasteiger partial charge in [0.1, 0.15) is 15.0 Å². The van der Waals surface area contributed by atoms with Gasteiger partial charge in [0.05, 0.1) is 25.5 Å². The van der Waals surface area contributed by atoms with E-state index in [-0.39, 0.29) is 0 Å². The molecule has 19 heavy (non-hydrogen) atoms. The number of thiazole rings is 1. The summed E-state index contributed by atoms with van der Waals surface area (Å²) >= 11 is 7.32. The Labute approximate surface area is 121 Å². The van der Waals surface area contributed by atoms with Gasteiger partial charge in [0.2, 0.25) is 5.88 Å². The fourth-order valence-corrected chi connectivity index (χ4v) is 2.56. The van der Waals surface area contributed by atoms with Crippen molar-refractivity contribution in [2.24, 2.45) is 0 Å². The predicted molar refractivity (Wildman–Crippen MR) is 79.6 cm³/mol. The van der Waals surface area contributed by atoms with Gasteiger partial charge in [-0.25, -0.2) is 9.97 Å². The standard InChI is InChI=1S/C12H15ClN4OS/c1-17(2)8-4-5-14-12(18-3)11(8)16-7-10-15-6-9(13)19-10/h4-6,16H,7H2,1-3H3. The minimum absolute atomic E-state index is 0.564. The number of rotatable bonds is 5. The number of pyridine rings is 1. The van der Waals surface area contributed by atoms with Gasteiger partial charge in [-0.1, -0.05) is 11.6 Å². The third kappa shape index (κ3) is 3.27. The molecule has 0 bridgehead atoms. The van der Waals surface area contributed by atoms with Crippen molar-refractivity contribution >= 4 is 34.3 Å². The summed E-state index contributed by atoms with van der Waals surface area (Å²) in [6.45, 7) is 0.584. The Morgan fingerprint density at radius 1 is 1.42 bits per heavy atom. The van der Waals surface area contributed by atoms with Gasteiger partial charge in [-0.2, -0.15) is 0 Å². The van der Waals surface area contributed by atoms with Crippen molar-refractivity contribution in [1.82, 2.24) is 9.97 Å². The predicted octanol–water partition coefficient (Wildman–Crippen LogP) is 2.88. The third-order valence-corrected chi connectivity index (χ3v) is 3.63. The van der Waals surface area contributed by atoms with Crippen molar-refractivity contribution in [2.45, 2.75) is 6.54 Å². The maximum absolute atomic E-state index is 5.87. The molecule has 2 heterocycles. The number of hydrogen-bond acceptors (Lipinski definition) is 6. The minimum atomic E-state index is 0.564. The van der Waals surface area contributed by atoms with Crippen molar-refractivity contribution < 1.29 is 4.74 Å². The van der Waals surface area contributed by atoms with Crippen LogP contribution >= 0.6 is 22.9 Å². The molecule has 5 nitrogen and oxygen atoms in total. The normalized spacial score (nSPS) is 10.3. The van der Waals surface area contributed by atoms with Crippen molar-refractivity contribution in [3.8, 4) is 5.88 Å². The highest BCUT2D eigenvalue weighted by molar-refractivity contribution is 7.15. The summed E-state index contributed by atoms with van der Waals surface area (Å²) in [5, 5.41) is 4.22. The smallest absolute Gasteiger partial charge is 0.239 e. The van der Waals surface area contributed by atoms with Gasteiger partial charge in [0.15, 0.2) is 0 Å². The van der Waals surface area contributed by atoms with E-state index in [4.69, 9.17) is 16.3 Å². The second-order valence-corrected chi connectivity index (χ2v) is 5.77. The lowest BCUT2D eigenvalue weighted by molar-refractivity contribution is 0.400. The zero-order chi connectivity index (χ0) is 13.8. The zero-order valence-corrected chi connectivity index (χ0v) is 12.5. The molecule has 1 N–H and O–H groups in total. The number of anilines is 2. The molecule has 0 fully saturated rings. The van der Waals surface area contributed by atoms with Crippen molar-refractivity contribution in [3.05, 3.63) is 27.8 Å². The molecule has 0 aliphatic rings. The van der Waals surface area contributed by atoms with Crippen LogP contribution in [0, 0.1) is 0 Å². The van der Waals surface area contributed by atoms with Crippen LogP contribution in [0.25, 0.3) is 0 Å². The molecule has 2 aromatic heterocycles. The molecule has 0 amide bonds.